The largest absolute Gasteiger partial charge is 0.0654 e. The second kappa shape index (κ2) is 17.8. The van der Waals surface area contributed by atoms with Gasteiger partial charge in [-0.15, -0.1) is 0 Å². The number of hydrogen-bond acceptors (Lipinski definition) is 0. The van der Waals surface area contributed by atoms with Crippen molar-refractivity contribution in [3.8, 4) is 0 Å². The van der Waals surface area contributed by atoms with E-state index in [4.69, 9.17) is 0 Å². The van der Waals surface area contributed by atoms with Crippen LogP contribution in [0.15, 0.2) is 0 Å². The van der Waals surface area contributed by atoms with Crippen molar-refractivity contribution in [3.05, 3.63) is 0 Å². The fourth-order valence-electron chi connectivity index (χ4n) is 5.32. The minimum Gasteiger partial charge on any atom is -0.0654 e. The third kappa shape index (κ3) is 12.5. The summed E-state index contributed by atoms with van der Waals surface area (Å²) in [4.78, 5) is 0. The van der Waals surface area contributed by atoms with Crippen LogP contribution in [0.5, 0.6) is 0 Å². The standard InChI is InChI=1S/C28H58/c1-9-16-17-24(11-3)19-26(13-5)21-28(15-7)22-27(14-6)20-25(12-4)18-23(8)10-2/h23-28H,9-22H2,1-8H3. The zero-order valence-corrected chi connectivity index (χ0v) is 21.4. The van der Waals surface area contributed by atoms with Gasteiger partial charge in [-0.2, -0.15) is 0 Å². The Labute approximate surface area is 181 Å². The lowest BCUT2D eigenvalue weighted by molar-refractivity contribution is 0.219. The van der Waals surface area contributed by atoms with E-state index in [9.17, 15) is 0 Å². The SMILES string of the molecule is CCCCC(CC)CC(CC)CC(CC)CC(CC)CC(CC)CC(C)CC. The van der Waals surface area contributed by atoms with Crippen LogP contribution in [-0.4, -0.2) is 0 Å². The molecule has 0 rings (SSSR count). The molecule has 6 unspecified atom stereocenters. The second-order valence-electron chi connectivity index (χ2n) is 10.2. The summed E-state index contributed by atoms with van der Waals surface area (Å²) < 4.78 is 0. The van der Waals surface area contributed by atoms with Gasteiger partial charge >= 0.3 is 0 Å². The third-order valence-corrected chi connectivity index (χ3v) is 7.95. The van der Waals surface area contributed by atoms with Gasteiger partial charge in [-0.25, -0.2) is 0 Å². The molecule has 0 nitrogen and oxygen atoms in total. The van der Waals surface area contributed by atoms with Crippen LogP contribution in [0.25, 0.3) is 0 Å². The van der Waals surface area contributed by atoms with Crippen LogP contribution in [0.3, 0.4) is 0 Å². The summed E-state index contributed by atoms with van der Waals surface area (Å²) in [5.74, 6) is 5.72. The Kier molecular flexibility index (Phi) is 17.8. The Hall–Kier alpha value is 0. The predicted molar refractivity (Wildman–Crippen MR) is 131 cm³/mol. The Bertz CT molecular complexity index is 320. The highest BCUT2D eigenvalue weighted by Crippen LogP contribution is 2.35. The maximum absolute atomic E-state index is 2.45. The van der Waals surface area contributed by atoms with Gasteiger partial charge in [0.05, 0.1) is 0 Å². The molecule has 0 aromatic heterocycles. The average Bonchev–Trinajstić information content (AvgIpc) is 2.73. The first kappa shape index (κ1) is 28.0. The fourth-order valence-corrected chi connectivity index (χ4v) is 5.32. The Morgan fingerprint density at radius 2 is 0.786 bits per heavy atom. The lowest BCUT2D eigenvalue weighted by atomic mass is 9.76. The predicted octanol–water partition coefficient (Wildman–Crippen LogP) is 10.3. The van der Waals surface area contributed by atoms with E-state index in [1.165, 1.54) is 89.9 Å². The molecule has 0 saturated carbocycles. The van der Waals surface area contributed by atoms with Gasteiger partial charge < -0.3 is 0 Å². The molecule has 0 saturated heterocycles. The van der Waals surface area contributed by atoms with Gasteiger partial charge in [-0.05, 0) is 67.6 Å². The molecule has 0 N–H and O–H groups in total. The van der Waals surface area contributed by atoms with Crippen molar-refractivity contribution < 1.29 is 0 Å². The van der Waals surface area contributed by atoms with Gasteiger partial charge in [0.2, 0.25) is 0 Å². The highest BCUT2D eigenvalue weighted by atomic mass is 14.3. The highest BCUT2D eigenvalue weighted by molar-refractivity contribution is 4.74. The molecule has 170 valence electrons. The molecule has 0 fully saturated rings. The summed E-state index contributed by atoms with van der Waals surface area (Å²) in [6.07, 6.45) is 19.9. The van der Waals surface area contributed by atoms with E-state index in [2.05, 4.69) is 55.4 Å². The molecule has 28 heavy (non-hydrogen) atoms. The van der Waals surface area contributed by atoms with E-state index < -0.39 is 0 Å². The van der Waals surface area contributed by atoms with E-state index in [0.717, 1.165) is 35.5 Å². The first-order valence-electron chi connectivity index (χ1n) is 13.5. The van der Waals surface area contributed by atoms with Gasteiger partial charge in [0, 0.05) is 0 Å². The van der Waals surface area contributed by atoms with E-state index in [0.29, 0.717) is 0 Å². The second-order valence-corrected chi connectivity index (χ2v) is 10.2. The first-order valence-corrected chi connectivity index (χ1v) is 13.5. The quantitative estimate of drug-likeness (QED) is 0.204. The highest BCUT2D eigenvalue weighted by Gasteiger charge is 2.22. The smallest absolute Gasteiger partial charge is 0.0412 e. The minimum absolute atomic E-state index is 0.906. The van der Waals surface area contributed by atoms with Gasteiger partial charge in [0.1, 0.15) is 0 Å². The average molecular weight is 395 g/mol. The number of hydrogen-bond donors (Lipinski definition) is 0. The van der Waals surface area contributed by atoms with Gasteiger partial charge in [0.15, 0.2) is 0 Å². The van der Waals surface area contributed by atoms with Crippen molar-refractivity contribution in [1.29, 1.82) is 0 Å². The monoisotopic (exact) mass is 394 g/mol. The number of unbranched alkanes of at least 4 members (excludes halogenated alkanes) is 1. The molecule has 0 aliphatic heterocycles. The van der Waals surface area contributed by atoms with E-state index >= 15 is 0 Å². The topological polar surface area (TPSA) is 0 Å². The van der Waals surface area contributed by atoms with Crippen LogP contribution in [-0.2, 0) is 0 Å². The summed E-state index contributed by atoms with van der Waals surface area (Å²) in [5, 5.41) is 0. The molecule has 0 aromatic rings. The van der Waals surface area contributed by atoms with Crippen molar-refractivity contribution in [1.82, 2.24) is 0 Å². The van der Waals surface area contributed by atoms with Crippen LogP contribution in [0.2, 0.25) is 0 Å². The molecule has 0 radical (unpaired) electrons. The van der Waals surface area contributed by atoms with E-state index in [1.54, 1.807) is 0 Å². The molecule has 0 heteroatoms. The molecule has 0 aliphatic rings. The van der Waals surface area contributed by atoms with Gasteiger partial charge in [-0.3, -0.25) is 0 Å². The summed E-state index contributed by atoms with van der Waals surface area (Å²) in [7, 11) is 0. The van der Waals surface area contributed by atoms with Crippen molar-refractivity contribution >= 4 is 0 Å². The normalized spacial score (nSPS) is 18.4. The summed E-state index contributed by atoms with van der Waals surface area (Å²) in [6, 6.07) is 0. The first-order chi connectivity index (χ1) is 13.5. The zero-order chi connectivity index (χ0) is 21.4. The maximum atomic E-state index is 2.45. The van der Waals surface area contributed by atoms with Gasteiger partial charge in [0.25, 0.3) is 0 Å². The molecule has 0 aliphatic carbocycles. The lowest BCUT2D eigenvalue weighted by Crippen LogP contribution is -2.18. The molecule has 0 aromatic carbocycles. The van der Waals surface area contributed by atoms with Gasteiger partial charge in [-0.1, -0.05) is 113 Å². The van der Waals surface area contributed by atoms with E-state index in [-0.39, 0.29) is 0 Å². The minimum atomic E-state index is 0.906. The Balaban J connectivity index is 4.70. The molecule has 6 atom stereocenters. The van der Waals surface area contributed by atoms with Crippen molar-refractivity contribution in [2.24, 2.45) is 35.5 Å². The molecule has 0 bridgehead atoms. The summed E-state index contributed by atoms with van der Waals surface area (Å²) in [5.41, 5.74) is 0. The van der Waals surface area contributed by atoms with Crippen LogP contribution >= 0.6 is 0 Å². The maximum Gasteiger partial charge on any atom is -0.0412 e. The van der Waals surface area contributed by atoms with Crippen molar-refractivity contribution in [3.63, 3.8) is 0 Å². The lowest BCUT2D eigenvalue weighted by Gasteiger charge is -2.30. The van der Waals surface area contributed by atoms with Crippen LogP contribution < -0.4 is 0 Å². The molecule has 0 amide bonds. The summed E-state index contributed by atoms with van der Waals surface area (Å²) in [6.45, 7) is 19.3. The van der Waals surface area contributed by atoms with Crippen LogP contribution in [0.1, 0.15) is 145 Å². The molecule has 0 spiro atoms. The summed E-state index contributed by atoms with van der Waals surface area (Å²) >= 11 is 0. The molecule has 0 heterocycles. The van der Waals surface area contributed by atoms with E-state index in [1.807, 2.05) is 0 Å². The van der Waals surface area contributed by atoms with Crippen molar-refractivity contribution in [2.75, 3.05) is 0 Å². The fraction of sp³-hybridized carbons (Fsp3) is 1.00. The van der Waals surface area contributed by atoms with Crippen LogP contribution in [0.4, 0.5) is 0 Å². The van der Waals surface area contributed by atoms with Crippen LogP contribution in [0, 0.1) is 35.5 Å². The van der Waals surface area contributed by atoms with Crippen molar-refractivity contribution in [2.45, 2.75) is 145 Å². The number of rotatable bonds is 19. The molecular weight excluding hydrogens is 336 g/mol. The molecular formula is C28H58. The Morgan fingerprint density at radius 1 is 0.429 bits per heavy atom. The third-order valence-electron chi connectivity index (χ3n) is 7.95. The zero-order valence-electron chi connectivity index (χ0n) is 21.4. The Morgan fingerprint density at radius 3 is 1.11 bits per heavy atom.